The summed E-state index contributed by atoms with van der Waals surface area (Å²) in [5.74, 6) is 0.454. The molecule has 2 aromatic carbocycles. The van der Waals surface area contributed by atoms with Gasteiger partial charge in [-0.25, -0.2) is 0 Å². The summed E-state index contributed by atoms with van der Waals surface area (Å²) < 4.78 is 5.52. The van der Waals surface area contributed by atoms with E-state index in [0.29, 0.717) is 18.1 Å². The number of benzene rings is 2. The number of rotatable bonds is 5. The molecule has 160 valence electrons. The Morgan fingerprint density at radius 3 is 2.03 bits per heavy atom. The van der Waals surface area contributed by atoms with E-state index < -0.39 is 0 Å². The number of carbonyl (C=O) groups is 1. The van der Waals surface area contributed by atoms with E-state index in [1.54, 1.807) is 0 Å². The Morgan fingerprint density at radius 1 is 0.967 bits per heavy atom. The van der Waals surface area contributed by atoms with E-state index in [0.717, 1.165) is 29.5 Å². The highest BCUT2D eigenvalue weighted by Gasteiger charge is 2.37. The van der Waals surface area contributed by atoms with Crippen LogP contribution >= 0.6 is 0 Å². The molecular formula is C26H33NO3. The van der Waals surface area contributed by atoms with Gasteiger partial charge >= 0.3 is 0 Å². The molecule has 0 fully saturated rings. The average molecular weight is 408 g/mol. The summed E-state index contributed by atoms with van der Waals surface area (Å²) >= 11 is 0. The van der Waals surface area contributed by atoms with Gasteiger partial charge in [0.15, 0.2) is 5.78 Å². The third-order valence-electron chi connectivity index (χ3n) is 6.29. The lowest BCUT2D eigenvalue weighted by atomic mass is 9.62. The fraction of sp³-hybridized carbons (Fsp3) is 0.462. The van der Waals surface area contributed by atoms with Crippen molar-refractivity contribution in [2.24, 2.45) is 5.16 Å². The second kappa shape index (κ2) is 8.25. The first kappa shape index (κ1) is 22.1. The quantitative estimate of drug-likeness (QED) is 0.267. The molecular weight excluding hydrogens is 374 g/mol. The Hall–Kier alpha value is -2.62. The third kappa shape index (κ3) is 4.14. The molecule has 0 aromatic heterocycles. The van der Waals surface area contributed by atoms with Crippen molar-refractivity contribution in [1.82, 2.24) is 0 Å². The number of fused-ring (bicyclic) bond motifs is 1. The first-order valence-corrected chi connectivity index (χ1v) is 10.7. The van der Waals surface area contributed by atoms with E-state index in [1.807, 2.05) is 38.1 Å². The molecule has 0 N–H and O–H groups in total. The number of oxime groups is 1. The summed E-state index contributed by atoms with van der Waals surface area (Å²) in [6.45, 7) is 13.6. The fourth-order valence-corrected chi connectivity index (χ4v) is 4.27. The number of hydrogen-bond acceptors (Lipinski definition) is 4. The molecule has 0 spiro atoms. The van der Waals surface area contributed by atoms with Crippen LogP contribution in [0.25, 0.3) is 0 Å². The molecule has 4 heteroatoms. The number of nitrogens with zero attached hydrogens (tertiary/aromatic N) is 1. The molecule has 1 aliphatic rings. The maximum Gasteiger partial charge on any atom is 0.257 e. The van der Waals surface area contributed by atoms with Crippen LogP contribution in [0.5, 0.6) is 0 Å². The van der Waals surface area contributed by atoms with Gasteiger partial charge in [0.05, 0.1) is 6.61 Å². The van der Waals surface area contributed by atoms with Crippen molar-refractivity contribution < 1.29 is 14.4 Å². The molecule has 0 radical (unpaired) electrons. The minimum Gasteiger partial charge on any atom is -0.475 e. The number of ether oxygens (including phenoxy) is 1. The number of hydrogen-bond donors (Lipinski definition) is 0. The molecule has 0 atom stereocenters. The Bertz CT molecular complexity index is 969. The second-order valence-electron chi connectivity index (χ2n) is 9.40. The largest absolute Gasteiger partial charge is 0.475 e. The van der Waals surface area contributed by atoms with Crippen molar-refractivity contribution >= 4 is 11.7 Å². The molecule has 2 aromatic rings. The number of carbonyl (C=O) groups excluding carboxylic acids is 1. The van der Waals surface area contributed by atoms with E-state index in [1.165, 1.54) is 18.2 Å². The molecule has 0 saturated carbocycles. The van der Waals surface area contributed by atoms with E-state index in [2.05, 4.69) is 45.0 Å². The van der Waals surface area contributed by atoms with E-state index in [-0.39, 0.29) is 16.6 Å². The van der Waals surface area contributed by atoms with Gasteiger partial charge in [0.25, 0.3) is 5.90 Å². The van der Waals surface area contributed by atoms with Gasteiger partial charge in [0.1, 0.15) is 7.11 Å². The molecule has 0 unspecified atom stereocenters. The van der Waals surface area contributed by atoms with Gasteiger partial charge in [0, 0.05) is 16.7 Å². The van der Waals surface area contributed by atoms with Gasteiger partial charge in [0.2, 0.25) is 0 Å². The van der Waals surface area contributed by atoms with Crippen molar-refractivity contribution in [3.8, 4) is 0 Å². The molecule has 0 amide bonds. The Kier molecular flexibility index (Phi) is 6.07. The minimum atomic E-state index is 0.0441. The zero-order valence-corrected chi connectivity index (χ0v) is 19.3. The Balaban J connectivity index is 1.99. The van der Waals surface area contributed by atoms with Crippen molar-refractivity contribution in [1.29, 1.82) is 0 Å². The smallest absolute Gasteiger partial charge is 0.257 e. The standard InChI is InChI=1S/C26H33NO3/c1-8-30-24(27-29-7)19-11-9-18(10-12-19)23(28)20-16-22-21(15-17(20)2)25(3,4)13-14-26(22,5)6/h9-12,15-16H,8,13-14H2,1-7H3. The third-order valence-corrected chi connectivity index (χ3v) is 6.29. The molecule has 4 nitrogen and oxygen atoms in total. The van der Waals surface area contributed by atoms with Crippen molar-refractivity contribution in [2.45, 2.75) is 65.2 Å². The van der Waals surface area contributed by atoms with Crippen LogP contribution in [-0.2, 0) is 20.4 Å². The molecule has 3 rings (SSSR count). The highest BCUT2D eigenvalue weighted by atomic mass is 16.6. The summed E-state index contributed by atoms with van der Waals surface area (Å²) in [6.07, 6.45) is 2.28. The van der Waals surface area contributed by atoms with Crippen molar-refractivity contribution in [2.75, 3.05) is 13.7 Å². The van der Waals surface area contributed by atoms with Crippen LogP contribution in [0.1, 0.15) is 85.6 Å². The van der Waals surface area contributed by atoms with Crippen LogP contribution < -0.4 is 0 Å². The molecule has 0 bridgehead atoms. The highest BCUT2D eigenvalue weighted by molar-refractivity contribution is 6.10. The molecule has 0 aliphatic heterocycles. The first-order chi connectivity index (χ1) is 14.1. The summed E-state index contributed by atoms with van der Waals surface area (Å²) in [4.78, 5) is 18.2. The number of ketones is 1. The van der Waals surface area contributed by atoms with Crippen LogP contribution in [0.4, 0.5) is 0 Å². The predicted molar refractivity (Wildman–Crippen MR) is 122 cm³/mol. The normalized spacial score (nSPS) is 17.2. The first-order valence-electron chi connectivity index (χ1n) is 10.7. The van der Waals surface area contributed by atoms with Gasteiger partial charge < -0.3 is 9.57 Å². The van der Waals surface area contributed by atoms with Crippen LogP contribution in [-0.4, -0.2) is 25.4 Å². The lowest BCUT2D eigenvalue weighted by molar-refractivity contribution is 0.103. The molecule has 0 saturated heterocycles. The van der Waals surface area contributed by atoms with E-state index in [9.17, 15) is 4.79 Å². The van der Waals surface area contributed by atoms with Crippen LogP contribution in [0.15, 0.2) is 41.6 Å². The summed E-state index contributed by atoms with van der Waals surface area (Å²) in [7, 11) is 1.48. The Labute approximate surface area is 180 Å². The fourth-order valence-electron chi connectivity index (χ4n) is 4.27. The van der Waals surface area contributed by atoms with Crippen molar-refractivity contribution in [3.05, 3.63) is 69.8 Å². The van der Waals surface area contributed by atoms with E-state index in [4.69, 9.17) is 9.57 Å². The van der Waals surface area contributed by atoms with Gasteiger partial charge in [-0.15, -0.1) is 0 Å². The van der Waals surface area contributed by atoms with Gasteiger partial charge in [-0.05, 0) is 77.6 Å². The molecule has 1 aliphatic carbocycles. The zero-order chi connectivity index (χ0) is 22.1. The monoisotopic (exact) mass is 407 g/mol. The highest BCUT2D eigenvalue weighted by Crippen LogP contribution is 2.46. The summed E-state index contributed by atoms with van der Waals surface area (Å²) in [6, 6.07) is 11.7. The maximum atomic E-state index is 13.4. The lowest BCUT2D eigenvalue weighted by Gasteiger charge is -2.42. The average Bonchev–Trinajstić information content (AvgIpc) is 2.71. The second-order valence-corrected chi connectivity index (χ2v) is 9.40. The summed E-state index contributed by atoms with van der Waals surface area (Å²) in [5.41, 5.74) is 6.13. The Morgan fingerprint density at radius 2 is 1.50 bits per heavy atom. The minimum absolute atomic E-state index is 0.0441. The van der Waals surface area contributed by atoms with Crippen molar-refractivity contribution in [3.63, 3.8) is 0 Å². The van der Waals surface area contributed by atoms with E-state index >= 15 is 0 Å². The topological polar surface area (TPSA) is 47.9 Å². The maximum absolute atomic E-state index is 13.4. The van der Waals surface area contributed by atoms with Crippen LogP contribution in [0, 0.1) is 6.92 Å². The van der Waals surface area contributed by atoms with Crippen LogP contribution in [0.3, 0.4) is 0 Å². The molecule has 0 heterocycles. The zero-order valence-electron chi connectivity index (χ0n) is 19.3. The van der Waals surface area contributed by atoms with Gasteiger partial charge in [-0.2, -0.15) is 0 Å². The lowest BCUT2D eigenvalue weighted by Crippen LogP contribution is -2.34. The summed E-state index contributed by atoms with van der Waals surface area (Å²) in [5, 5.41) is 3.92. The number of aryl methyl sites for hydroxylation is 1. The predicted octanol–water partition coefficient (Wildman–Crippen LogP) is 5.92. The van der Waals surface area contributed by atoms with Crippen LogP contribution in [0.2, 0.25) is 0 Å². The van der Waals surface area contributed by atoms with Gasteiger partial charge in [-0.1, -0.05) is 45.9 Å². The SMILES string of the molecule is CCOC(=NOC)c1ccc(C(=O)c2cc3c(cc2C)C(C)(C)CCC3(C)C)cc1. The molecule has 30 heavy (non-hydrogen) atoms. The van der Waals surface area contributed by atoms with Gasteiger partial charge in [-0.3, -0.25) is 4.79 Å².